The molecule has 70 valence electrons. The van der Waals surface area contributed by atoms with E-state index in [1.807, 2.05) is 0 Å². The van der Waals surface area contributed by atoms with Crippen molar-refractivity contribution in [1.29, 1.82) is 0 Å². The van der Waals surface area contributed by atoms with Crippen LogP contribution in [0.5, 0.6) is 0 Å². The Morgan fingerprint density at radius 1 is 1.67 bits per heavy atom. The molecule has 0 bridgehead atoms. The molecule has 0 aromatic rings. The quantitative estimate of drug-likeness (QED) is 0.661. The molecule has 1 rings (SSSR count). The Kier molecular flexibility index (Phi) is 2.17. The standard InChI is InChI=1S/C9H17NO2/c1-6(11)8(12)10(4)7-5-9(7,2)3/h6-7,11H,5H2,1-4H3. The van der Waals surface area contributed by atoms with Crippen molar-refractivity contribution in [3.8, 4) is 0 Å². The maximum Gasteiger partial charge on any atom is 0.251 e. The molecule has 1 saturated carbocycles. The molecule has 1 aliphatic carbocycles. The molecule has 2 unspecified atom stereocenters. The first-order chi connectivity index (χ1) is 5.36. The molecule has 1 fully saturated rings. The van der Waals surface area contributed by atoms with Gasteiger partial charge in [-0.15, -0.1) is 0 Å². The number of nitrogens with zero attached hydrogens (tertiary/aromatic N) is 1. The maximum atomic E-state index is 11.3. The van der Waals surface area contributed by atoms with Crippen LogP contribution in [0.4, 0.5) is 0 Å². The fourth-order valence-corrected chi connectivity index (χ4v) is 1.55. The average molecular weight is 171 g/mol. The molecule has 12 heavy (non-hydrogen) atoms. The number of likely N-dealkylation sites (N-methyl/N-ethyl adjacent to an activating group) is 1. The zero-order chi connectivity index (χ0) is 9.52. The van der Waals surface area contributed by atoms with Gasteiger partial charge in [0.15, 0.2) is 0 Å². The second kappa shape index (κ2) is 2.73. The molecule has 1 N–H and O–H groups in total. The lowest BCUT2D eigenvalue weighted by Gasteiger charge is -2.20. The van der Waals surface area contributed by atoms with Gasteiger partial charge in [0.05, 0.1) is 0 Å². The minimum atomic E-state index is -0.869. The fourth-order valence-electron chi connectivity index (χ4n) is 1.55. The minimum absolute atomic E-state index is 0.175. The predicted molar refractivity (Wildman–Crippen MR) is 46.6 cm³/mol. The molecule has 0 aromatic heterocycles. The van der Waals surface area contributed by atoms with Crippen LogP contribution in [0.25, 0.3) is 0 Å². The van der Waals surface area contributed by atoms with Gasteiger partial charge in [-0.3, -0.25) is 4.79 Å². The van der Waals surface area contributed by atoms with Gasteiger partial charge in [0.2, 0.25) is 0 Å². The van der Waals surface area contributed by atoms with E-state index >= 15 is 0 Å². The van der Waals surface area contributed by atoms with E-state index in [-0.39, 0.29) is 11.3 Å². The first kappa shape index (κ1) is 9.52. The van der Waals surface area contributed by atoms with Gasteiger partial charge in [-0.1, -0.05) is 13.8 Å². The molecule has 0 radical (unpaired) electrons. The Hall–Kier alpha value is -0.570. The van der Waals surface area contributed by atoms with Crippen LogP contribution in [0.1, 0.15) is 27.2 Å². The second-order valence-corrected chi connectivity index (χ2v) is 4.33. The van der Waals surface area contributed by atoms with Gasteiger partial charge in [0.25, 0.3) is 5.91 Å². The van der Waals surface area contributed by atoms with E-state index in [9.17, 15) is 4.79 Å². The molecule has 0 aromatic carbocycles. The van der Waals surface area contributed by atoms with E-state index in [4.69, 9.17) is 5.11 Å². The Balaban J connectivity index is 2.50. The number of aliphatic hydroxyl groups is 1. The van der Waals surface area contributed by atoms with E-state index < -0.39 is 6.10 Å². The molecule has 3 heteroatoms. The van der Waals surface area contributed by atoms with Crippen molar-refractivity contribution in [2.24, 2.45) is 5.41 Å². The molecular formula is C9H17NO2. The number of amides is 1. The summed E-state index contributed by atoms with van der Waals surface area (Å²) in [6.07, 6.45) is 0.175. The van der Waals surface area contributed by atoms with Crippen LogP contribution in [0.15, 0.2) is 0 Å². The highest BCUT2D eigenvalue weighted by atomic mass is 16.3. The van der Waals surface area contributed by atoms with Crippen molar-refractivity contribution in [3.05, 3.63) is 0 Å². The molecule has 3 nitrogen and oxygen atoms in total. The van der Waals surface area contributed by atoms with Gasteiger partial charge in [0, 0.05) is 13.1 Å². The smallest absolute Gasteiger partial charge is 0.251 e. The number of carbonyl (C=O) groups is 1. The molecule has 0 aliphatic heterocycles. The lowest BCUT2D eigenvalue weighted by atomic mass is 10.2. The van der Waals surface area contributed by atoms with Crippen LogP contribution in [0, 0.1) is 5.41 Å². The Morgan fingerprint density at radius 3 is 2.33 bits per heavy atom. The summed E-state index contributed by atoms with van der Waals surface area (Å²) >= 11 is 0. The minimum Gasteiger partial charge on any atom is -0.384 e. The highest BCUT2D eigenvalue weighted by Gasteiger charge is 2.49. The summed E-state index contributed by atoms with van der Waals surface area (Å²) in [5.74, 6) is -0.175. The van der Waals surface area contributed by atoms with Crippen molar-refractivity contribution >= 4 is 5.91 Å². The monoisotopic (exact) mass is 171 g/mol. The average Bonchev–Trinajstić information content (AvgIpc) is 2.56. The number of hydrogen-bond donors (Lipinski definition) is 1. The van der Waals surface area contributed by atoms with E-state index in [2.05, 4.69) is 13.8 Å². The molecule has 1 amide bonds. The zero-order valence-corrected chi connectivity index (χ0v) is 8.16. The first-order valence-corrected chi connectivity index (χ1v) is 4.31. The van der Waals surface area contributed by atoms with E-state index in [0.29, 0.717) is 6.04 Å². The van der Waals surface area contributed by atoms with Gasteiger partial charge in [-0.25, -0.2) is 0 Å². The fraction of sp³-hybridized carbons (Fsp3) is 0.889. The van der Waals surface area contributed by atoms with Crippen LogP contribution in [-0.4, -0.2) is 35.1 Å². The largest absolute Gasteiger partial charge is 0.384 e. The lowest BCUT2D eigenvalue weighted by molar-refractivity contribution is -0.138. The van der Waals surface area contributed by atoms with Crippen LogP contribution >= 0.6 is 0 Å². The van der Waals surface area contributed by atoms with E-state index in [1.54, 1.807) is 11.9 Å². The summed E-state index contributed by atoms with van der Waals surface area (Å²) in [6, 6.07) is 0.319. The van der Waals surface area contributed by atoms with Crippen molar-refractivity contribution in [1.82, 2.24) is 4.90 Å². The molecule has 0 saturated heterocycles. The summed E-state index contributed by atoms with van der Waals surface area (Å²) in [5, 5.41) is 9.05. The van der Waals surface area contributed by atoms with Gasteiger partial charge >= 0.3 is 0 Å². The highest BCUT2D eigenvalue weighted by Crippen LogP contribution is 2.48. The van der Waals surface area contributed by atoms with Crippen LogP contribution in [0.2, 0.25) is 0 Å². The van der Waals surface area contributed by atoms with Crippen LogP contribution in [-0.2, 0) is 4.79 Å². The van der Waals surface area contributed by atoms with Gasteiger partial charge in [0.1, 0.15) is 6.10 Å². The number of carbonyl (C=O) groups excluding carboxylic acids is 1. The third-order valence-corrected chi connectivity index (χ3v) is 2.63. The summed E-state index contributed by atoms with van der Waals surface area (Å²) in [6.45, 7) is 5.77. The first-order valence-electron chi connectivity index (χ1n) is 4.31. The lowest BCUT2D eigenvalue weighted by Crippen LogP contribution is -2.37. The number of rotatable bonds is 2. The molecule has 0 spiro atoms. The summed E-state index contributed by atoms with van der Waals surface area (Å²) in [7, 11) is 1.76. The number of hydrogen-bond acceptors (Lipinski definition) is 2. The summed E-state index contributed by atoms with van der Waals surface area (Å²) in [5.41, 5.74) is 0.249. The summed E-state index contributed by atoms with van der Waals surface area (Å²) in [4.78, 5) is 12.9. The van der Waals surface area contributed by atoms with Crippen molar-refractivity contribution in [2.75, 3.05) is 7.05 Å². The van der Waals surface area contributed by atoms with E-state index in [1.165, 1.54) is 6.92 Å². The van der Waals surface area contributed by atoms with Gasteiger partial charge < -0.3 is 10.0 Å². The third kappa shape index (κ3) is 1.61. The second-order valence-electron chi connectivity index (χ2n) is 4.33. The molecule has 2 atom stereocenters. The van der Waals surface area contributed by atoms with Gasteiger partial charge in [-0.05, 0) is 18.8 Å². The zero-order valence-electron chi connectivity index (χ0n) is 8.16. The predicted octanol–water partition coefficient (Wildman–Crippen LogP) is 0.624. The number of aliphatic hydroxyl groups excluding tert-OH is 1. The topological polar surface area (TPSA) is 40.5 Å². The SMILES string of the molecule is CC(O)C(=O)N(C)C1CC1(C)C. The van der Waals surface area contributed by atoms with E-state index in [0.717, 1.165) is 6.42 Å². The normalized spacial score (nSPS) is 27.9. The van der Waals surface area contributed by atoms with Gasteiger partial charge in [-0.2, -0.15) is 0 Å². The Bertz CT molecular complexity index is 199. The Morgan fingerprint density at radius 2 is 2.08 bits per heavy atom. The van der Waals surface area contributed by atoms with Crippen molar-refractivity contribution in [2.45, 2.75) is 39.3 Å². The van der Waals surface area contributed by atoms with Crippen molar-refractivity contribution in [3.63, 3.8) is 0 Å². The molecule has 0 heterocycles. The Labute approximate surface area is 73.4 Å². The molecular weight excluding hydrogens is 154 g/mol. The van der Waals surface area contributed by atoms with Crippen LogP contribution < -0.4 is 0 Å². The third-order valence-electron chi connectivity index (χ3n) is 2.63. The van der Waals surface area contributed by atoms with Crippen molar-refractivity contribution < 1.29 is 9.90 Å². The highest BCUT2D eigenvalue weighted by molar-refractivity contribution is 5.80. The van der Waals surface area contributed by atoms with Crippen LogP contribution in [0.3, 0.4) is 0 Å². The summed E-state index contributed by atoms with van der Waals surface area (Å²) < 4.78 is 0. The maximum absolute atomic E-state index is 11.3. The molecule has 1 aliphatic rings.